The number of rotatable bonds is 3. The lowest BCUT2D eigenvalue weighted by Gasteiger charge is -2.07. The van der Waals surface area contributed by atoms with Crippen LogP contribution in [-0.4, -0.2) is 10.2 Å². The SMILES string of the molecule is CCC1(C(=O)c2ccns2)CC1. The number of nitrogens with zero attached hydrogens (tertiary/aromatic N) is 1. The molecule has 1 heterocycles. The zero-order valence-corrected chi connectivity index (χ0v) is 7.86. The zero-order chi connectivity index (χ0) is 8.60. The van der Waals surface area contributed by atoms with Crippen molar-refractivity contribution in [3.05, 3.63) is 17.1 Å². The molecule has 0 unspecified atom stereocenters. The van der Waals surface area contributed by atoms with E-state index in [1.54, 1.807) is 6.20 Å². The van der Waals surface area contributed by atoms with Crippen LogP contribution in [-0.2, 0) is 0 Å². The molecule has 2 nitrogen and oxygen atoms in total. The molecule has 0 spiro atoms. The van der Waals surface area contributed by atoms with Gasteiger partial charge in [-0.15, -0.1) is 0 Å². The predicted molar refractivity (Wildman–Crippen MR) is 48.4 cm³/mol. The highest BCUT2D eigenvalue weighted by Gasteiger charge is 2.48. The lowest BCUT2D eigenvalue weighted by atomic mass is 9.97. The number of ketones is 1. The molecule has 1 aliphatic rings. The Morgan fingerprint density at radius 1 is 1.75 bits per heavy atom. The molecular formula is C9H11NOS. The molecule has 0 amide bonds. The van der Waals surface area contributed by atoms with Gasteiger partial charge >= 0.3 is 0 Å². The minimum atomic E-state index is 0.00648. The van der Waals surface area contributed by atoms with E-state index in [2.05, 4.69) is 11.3 Å². The van der Waals surface area contributed by atoms with Crippen LogP contribution in [0.4, 0.5) is 0 Å². The molecule has 0 aromatic carbocycles. The minimum absolute atomic E-state index is 0.00648. The fourth-order valence-electron chi connectivity index (χ4n) is 1.49. The Kier molecular flexibility index (Phi) is 1.76. The molecule has 0 saturated heterocycles. The molecule has 1 aliphatic carbocycles. The summed E-state index contributed by atoms with van der Waals surface area (Å²) in [7, 11) is 0. The highest BCUT2D eigenvalue weighted by atomic mass is 32.1. The summed E-state index contributed by atoms with van der Waals surface area (Å²) in [5, 5.41) is 0. The van der Waals surface area contributed by atoms with E-state index >= 15 is 0 Å². The molecule has 0 aliphatic heterocycles. The third kappa shape index (κ3) is 1.08. The number of hydrogen-bond acceptors (Lipinski definition) is 3. The standard InChI is InChI=1S/C9H11NOS/c1-2-9(4-5-9)8(11)7-3-6-10-12-7/h3,6H,2,4-5H2,1H3. The minimum Gasteiger partial charge on any atom is -0.293 e. The Hall–Kier alpha value is -0.700. The summed E-state index contributed by atoms with van der Waals surface area (Å²) in [5.41, 5.74) is 0.00648. The summed E-state index contributed by atoms with van der Waals surface area (Å²) in [6.07, 6.45) is 4.81. The van der Waals surface area contributed by atoms with E-state index in [-0.39, 0.29) is 5.41 Å². The number of carbonyl (C=O) groups excluding carboxylic acids is 1. The van der Waals surface area contributed by atoms with Crippen LogP contribution in [0.2, 0.25) is 0 Å². The maximum atomic E-state index is 11.8. The third-order valence-corrected chi connectivity index (χ3v) is 3.42. The lowest BCUT2D eigenvalue weighted by Crippen LogP contribution is -2.13. The van der Waals surface area contributed by atoms with Crippen LogP contribution >= 0.6 is 11.5 Å². The summed E-state index contributed by atoms with van der Waals surface area (Å²) in [6.45, 7) is 2.09. The topological polar surface area (TPSA) is 30.0 Å². The van der Waals surface area contributed by atoms with Crippen LogP contribution in [0.5, 0.6) is 0 Å². The quantitative estimate of drug-likeness (QED) is 0.671. The van der Waals surface area contributed by atoms with Crippen molar-refractivity contribution >= 4 is 17.3 Å². The first-order chi connectivity index (χ1) is 5.78. The molecule has 12 heavy (non-hydrogen) atoms. The molecule has 1 fully saturated rings. The van der Waals surface area contributed by atoms with Gasteiger partial charge in [-0.3, -0.25) is 4.79 Å². The summed E-state index contributed by atoms with van der Waals surface area (Å²) < 4.78 is 3.94. The average Bonchev–Trinajstić information content (AvgIpc) is 2.71. The second kappa shape index (κ2) is 2.66. The molecule has 0 radical (unpaired) electrons. The van der Waals surface area contributed by atoms with Crippen molar-refractivity contribution < 1.29 is 4.79 Å². The van der Waals surface area contributed by atoms with Crippen molar-refractivity contribution in [2.24, 2.45) is 5.41 Å². The molecule has 0 N–H and O–H groups in total. The van der Waals surface area contributed by atoms with Crippen LogP contribution in [0.1, 0.15) is 35.9 Å². The van der Waals surface area contributed by atoms with Crippen molar-refractivity contribution in [1.29, 1.82) is 0 Å². The highest BCUT2D eigenvalue weighted by Crippen LogP contribution is 2.51. The van der Waals surface area contributed by atoms with E-state index in [1.807, 2.05) is 6.07 Å². The Morgan fingerprint density at radius 3 is 2.92 bits per heavy atom. The largest absolute Gasteiger partial charge is 0.293 e. The van der Waals surface area contributed by atoms with Crippen LogP contribution in [0, 0.1) is 5.41 Å². The predicted octanol–water partition coefficient (Wildman–Crippen LogP) is 2.52. The van der Waals surface area contributed by atoms with Crippen molar-refractivity contribution in [3.63, 3.8) is 0 Å². The van der Waals surface area contributed by atoms with Gasteiger partial charge in [0, 0.05) is 11.6 Å². The maximum Gasteiger partial charge on any atom is 0.180 e. The van der Waals surface area contributed by atoms with E-state index in [0.29, 0.717) is 5.78 Å². The molecular weight excluding hydrogens is 170 g/mol. The Bertz CT molecular complexity index is 287. The second-order valence-corrected chi connectivity index (χ2v) is 4.17. The van der Waals surface area contributed by atoms with Crippen LogP contribution in [0.15, 0.2) is 12.3 Å². The molecule has 2 rings (SSSR count). The molecule has 0 atom stereocenters. The van der Waals surface area contributed by atoms with Crippen molar-refractivity contribution in [2.75, 3.05) is 0 Å². The number of hydrogen-bond donors (Lipinski definition) is 0. The van der Waals surface area contributed by atoms with Gasteiger partial charge in [-0.25, -0.2) is 4.37 Å². The fraction of sp³-hybridized carbons (Fsp3) is 0.556. The van der Waals surface area contributed by atoms with E-state index in [9.17, 15) is 4.79 Å². The van der Waals surface area contributed by atoms with Gasteiger partial charge in [0.1, 0.15) is 0 Å². The lowest BCUT2D eigenvalue weighted by molar-refractivity contribution is 0.0901. The first kappa shape index (κ1) is 7.92. The second-order valence-electron chi connectivity index (χ2n) is 3.34. The van der Waals surface area contributed by atoms with Gasteiger partial charge in [-0.05, 0) is 36.9 Å². The smallest absolute Gasteiger partial charge is 0.180 e. The molecule has 1 aromatic rings. The van der Waals surface area contributed by atoms with Gasteiger partial charge in [0.15, 0.2) is 5.78 Å². The van der Waals surface area contributed by atoms with E-state index in [4.69, 9.17) is 0 Å². The third-order valence-electron chi connectivity index (χ3n) is 2.67. The van der Waals surface area contributed by atoms with E-state index in [0.717, 1.165) is 24.1 Å². The van der Waals surface area contributed by atoms with Crippen LogP contribution in [0.3, 0.4) is 0 Å². The molecule has 1 aromatic heterocycles. The van der Waals surface area contributed by atoms with Gasteiger partial charge in [0.05, 0.1) is 4.88 Å². The van der Waals surface area contributed by atoms with Crippen molar-refractivity contribution in [3.8, 4) is 0 Å². The molecule has 64 valence electrons. The van der Waals surface area contributed by atoms with Crippen LogP contribution < -0.4 is 0 Å². The fourth-order valence-corrected chi connectivity index (χ4v) is 2.14. The number of Topliss-reactive ketones (excluding diaryl/α,β-unsaturated/α-hetero) is 1. The van der Waals surface area contributed by atoms with Gasteiger partial charge in [-0.1, -0.05) is 6.92 Å². The van der Waals surface area contributed by atoms with Gasteiger partial charge in [0.25, 0.3) is 0 Å². The Balaban J connectivity index is 2.21. The average molecular weight is 181 g/mol. The van der Waals surface area contributed by atoms with Gasteiger partial charge in [0.2, 0.25) is 0 Å². The Morgan fingerprint density at radius 2 is 2.50 bits per heavy atom. The maximum absolute atomic E-state index is 11.8. The van der Waals surface area contributed by atoms with Gasteiger partial charge < -0.3 is 0 Å². The summed E-state index contributed by atoms with van der Waals surface area (Å²) in [6, 6.07) is 1.82. The van der Waals surface area contributed by atoms with E-state index in [1.165, 1.54) is 11.5 Å². The molecule has 3 heteroatoms. The van der Waals surface area contributed by atoms with Crippen molar-refractivity contribution in [2.45, 2.75) is 26.2 Å². The first-order valence-corrected chi connectivity index (χ1v) is 5.01. The van der Waals surface area contributed by atoms with Gasteiger partial charge in [-0.2, -0.15) is 0 Å². The summed E-state index contributed by atoms with van der Waals surface area (Å²) >= 11 is 1.31. The highest BCUT2D eigenvalue weighted by molar-refractivity contribution is 7.08. The summed E-state index contributed by atoms with van der Waals surface area (Å²) in [5.74, 6) is 0.313. The first-order valence-electron chi connectivity index (χ1n) is 4.24. The normalized spacial score (nSPS) is 19.1. The number of carbonyl (C=O) groups is 1. The molecule has 0 bridgehead atoms. The zero-order valence-electron chi connectivity index (χ0n) is 7.04. The monoisotopic (exact) mass is 181 g/mol. The number of aromatic nitrogens is 1. The molecule has 1 saturated carbocycles. The Labute approximate surface area is 75.8 Å². The van der Waals surface area contributed by atoms with Crippen LogP contribution in [0.25, 0.3) is 0 Å². The van der Waals surface area contributed by atoms with Crippen molar-refractivity contribution in [1.82, 2.24) is 4.37 Å². The van der Waals surface area contributed by atoms with E-state index < -0.39 is 0 Å². The summed E-state index contributed by atoms with van der Waals surface area (Å²) in [4.78, 5) is 12.6.